The minimum atomic E-state index is -0.622. The molecule has 4 nitrogen and oxygen atoms in total. The van der Waals surface area contributed by atoms with Crippen LogP contribution in [-0.4, -0.2) is 23.7 Å². The summed E-state index contributed by atoms with van der Waals surface area (Å²) in [5.41, 5.74) is 1.52. The summed E-state index contributed by atoms with van der Waals surface area (Å²) in [6.45, 7) is 1.72. The number of Topliss-reactive ketones (excluding diaryl/α,β-unsaturated/α-hetero) is 1. The average Bonchev–Trinajstić information content (AvgIpc) is 3.03. The van der Waals surface area contributed by atoms with Crippen LogP contribution in [0.2, 0.25) is 0 Å². The molecule has 0 spiro atoms. The van der Waals surface area contributed by atoms with E-state index in [9.17, 15) is 14.3 Å². The number of nitrogens with zero attached hydrogens (tertiary/aromatic N) is 1. The van der Waals surface area contributed by atoms with E-state index in [1.807, 2.05) is 0 Å². The molecule has 0 saturated carbocycles. The van der Waals surface area contributed by atoms with Crippen LogP contribution in [-0.2, 0) is 4.74 Å². The second-order valence-electron chi connectivity index (χ2n) is 4.61. The number of ketones is 1. The molecule has 1 aromatic heterocycles. The molecule has 2 heterocycles. The van der Waals surface area contributed by atoms with Crippen molar-refractivity contribution < 1.29 is 19.0 Å². The van der Waals surface area contributed by atoms with E-state index in [4.69, 9.17) is 4.74 Å². The van der Waals surface area contributed by atoms with Crippen molar-refractivity contribution in [1.29, 1.82) is 0 Å². The van der Waals surface area contributed by atoms with Gasteiger partial charge in [-0.1, -0.05) is 11.3 Å². The topological polar surface area (TPSA) is 58.9 Å². The molecule has 1 aliphatic carbocycles. The number of methoxy groups -OCH3 is 1. The lowest BCUT2D eigenvalue weighted by Crippen LogP contribution is -2.18. The van der Waals surface area contributed by atoms with Crippen molar-refractivity contribution in [3.05, 3.63) is 51.5 Å². The first-order chi connectivity index (χ1) is 10.0. The molecule has 6 heteroatoms. The van der Waals surface area contributed by atoms with Crippen molar-refractivity contribution in [2.75, 3.05) is 7.11 Å². The molecule has 3 rings (SSSR count). The van der Waals surface area contributed by atoms with Crippen LogP contribution in [0.25, 0.3) is 0 Å². The predicted molar refractivity (Wildman–Crippen MR) is 77.0 cm³/mol. The van der Waals surface area contributed by atoms with Crippen LogP contribution < -0.4 is 0 Å². The van der Waals surface area contributed by atoms with Gasteiger partial charge in [-0.3, -0.25) is 9.79 Å². The molecule has 1 aromatic rings. The number of rotatable bonds is 3. The van der Waals surface area contributed by atoms with Gasteiger partial charge in [0.05, 0.1) is 23.3 Å². The summed E-state index contributed by atoms with van der Waals surface area (Å²) in [5, 5.41) is 9.40. The van der Waals surface area contributed by atoms with Crippen molar-refractivity contribution in [3.63, 3.8) is 0 Å². The maximum atomic E-state index is 14.5. The zero-order valence-electron chi connectivity index (χ0n) is 11.4. The molecule has 1 radical (unpaired) electrons. The fraction of sp³-hybridized carbons (Fsp3) is 0.200. The van der Waals surface area contributed by atoms with Crippen molar-refractivity contribution in [2.24, 2.45) is 4.99 Å². The minimum absolute atomic E-state index is 0.0366. The molecule has 107 valence electrons. The number of hydrogen-bond acceptors (Lipinski definition) is 5. The van der Waals surface area contributed by atoms with Gasteiger partial charge in [0.15, 0.2) is 16.6 Å². The summed E-state index contributed by atoms with van der Waals surface area (Å²) >= 11 is 0.946. The summed E-state index contributed by atoms with van der Waals surface area (Å²) in [5.74, 6) is -1.06. The minimum Gasteiger partial charge on any atom is -0.499 e. The highest BCUT2D eigenvalue weighted by molar-refractivity contribution is 7.15. The number of aromatic hydroxyl groups is 1. The van der Waals surface area contributed by atoms with E-state index in [2.05, 4.69) is 11.1 Å². The lowest BCUT2D eigenvalue weighted by molar-refractivity contribution is 0.102. The van der Waals surface area contributed by atoms with Gasteiger partial charge in [-0.05, 0) is 19.1 Å². The largest absolute Gasteiger partial charge is 0.499 e. The number of halogens is 1. The van der Waals surface area contributed by atoms with E-state index in [0.29, 0.717) is 16.3 Å². The predicted octanol–water partition coefficient (Wildman–Crippen LogP) is 3.33. The molecular formula is C15H11FNO3S. The van der Waals surface area contributed by atoms with Crippen LogP contribution in [0.3, 0.4) is 0 Å². The fourth-order valence-electron chi connectivity index (χ4n) is 2.34. The number of carbonyl (C=O) groups is 1. The number of ether oxygens (including phenoxy) is 1. The second kappa shape index (κ2) is 4.96. The van der Waals surface area contributed by atoms with Crippen LogP contribution in [0.15, 0.2) is 45.6 Å². The SMILES string of the molecule is COC1=C(C(=O)c2ccc(O)s2)CC2=NC(C)=[C]C2=C1F. The third-order valence-electron chi connectivity index (χ3n) is 3.23. The Kier molecular flexibility index (Phi) is 3.25. The Labute approximate surface area is 124 Å². The van der Waals surface area contributed by atoms with Crippen LogP contribution in [0.4, 0.5) is 4.39 Å². The standard InChI is InChI=1S/C15H11FNO3S/c1-7-5-8-10(17-7)6-9(15(20-2)13(8)16)14(19)11-3-4-12(18)21-11/h3-4,18H,6H2,1-2H3. The zero-order chi connectivity index (χ0) is 15.1. The third-order valence-corrected chi connectivity index (χ3v) is 4.11. The zero-order valence-corrected chi connectivity index (χ0v) is 12.2. The van der Waals surface area contributed by atoms with E-state index in [-0.39, 0.29) is 34.2 Å². The number of fused-ring (bicyclic) bond motifs is 1. The smallest absolute Gasteiger partial charge is 0.203 e. The molecule has 0 atom stereocenters. The fourth-order valence-corrected chi connectivity index (χ4v) is 3.05. The Balaban J connectivity index is 2.08. The molecule has 0 amide bonds. The molecular weight excluding hydrogens is 293 g/mol. The lowest BCUT2D eigenvalue weighted by Gasteiger charge is -2.18. The highest BCUT2D eigenvalue weighted by Crippen LogP contribution is 2.37. The first-order valence-corrected chi connectivity index (χ1v) is 7.02. The molecule has 0 bridgehead atoms. The Hall–Kier alpha value is -2.21. The molecule has 21 heavy (non-hydrogen) atoms. The Morgan fingerprint density at radius 3 is 2.90 bits per heavy atom. The summed E-state index contributed by atoms with van der Waals surface area (Å²) in [6, 6.07) is 2.93. The monoisotopic (exact) mass is 304 g/mol. The van der Waals surface area contributed by atoms with E-state index in [1.165, 1.54) is 19.2 Å². The molecule has 0 saturated heterocycles. The summed E-state index contributed by atoms with van der Waals surface area (Å²) < 4.78 is 19.5. The van der Waals surface area contributed by atoms with Crippen molar-refractivity contribution in [1.82, 2.24) is 0 Å². The summed E-state index contributed by atoms with van der Waals surface area (Å²) in [6.07, 6.45) is 3.02. The van der Waals surface area contributed by atoms with E-state index in [0.717, 1.165) is 11.3 Å². The Morgan fingerprint density at radius 1 is 1.52 bits per heavy atom. The highest BCUT2D eigenvalue weighted by atomic mass is 32.1. The summed E-state index contributed by atoms with van der Waals surface area (Å²) in [7, 11) is 1.32. The summed E-state index contributed by atoms with van der Waals surface area (Å²) in [4.78, 5) is 17.0. The first-order valence-electron chi connectivity index (χ1n) is 6.20. The van der Waals surface area contributed by atoms with Crippen LogP contribution in [0.1, 0.15) is 23.0 Å². The van der Waals surface area contributed by atoms with Gasteiger partial charge in [0.1, 0.15) is 0 Å². The molecule has 0 unspecified atom stereocenters. The van der Waals surface area contributed by atoms with Gasteiger partial charge in [0, 0.05) is 23.8 Å². The van der Waals surface area contributed by atoms with Crippen LogP contribution in [0, 0.1) is 6.08 Å². The number of aliphatic imine (C=N–C) groups is 1. The Bertz CT molecular complexity index is 768. The van der Waals surface area contributed by atoms with Crippen LogP contribution >= 0.6 is 11.3 Å². The molecule has 1 aliphatic heterocycles. The maximum absolute atomic E-state index is 14.5. The Morgan fingerprint density at radius 2 is 2.29 bits per heavy atom. The van der Waals surface area contributed by atoms with E-state index in [1.54, 1.807) is 6.92 Å². The highest BCUT2D eigenvalue weighted by Gasteiger charge is 2.33. The molecule has 0 fully saturated rings. The van der Waals surface area contributed by atoms with Gasteiger partial charge in [0.25, 0.3) is 0 Å². The number of carbonyl (C=O) groups excluding carboxylic acids is 1. The number of thiophene rings is 1. The van der Waals surface area contributed by atoms with Crippen molar-refractivity contribution in [2.45, 2.75) is 13.3 Å². The van der Waals surface area contributed by atoms with E-state index < -0.39 is 5.83 Å². The van der Waals surface area contributed by atoms with Crippen molar-refractivity contribution >= 4 is 22.8 Å². The normalized spacial score (nSPS) is 17.7. The van der Waals surface area contributed by atoms with Crippen molar-refractivity contribution in [3.8, 4) is 5.06 Å². The number of allylic oxidation sites excluding steroid dienone is 5. The van der Waals surface area contributed by atoms with Gasteiger partial charge < -0.3 is 9.84 Å². The second-order valence-corrected chi connectivity index (χ2v) is 5.68. The van der Waals surface area contributed by atoms with Crippen LogP contribution in [0.5, 0.6) is 5.06 Å². The quantitative estimate of drug-likeness (QED) is 0.871. The van der Waals surface area contributed by atoms with Gasteiger partial charge in [-0.2, -0.15) is 0 Å². The molecule has 2 aliphatic rings. The molecule has 0 aromatic carbocycles. The molecule has 1 N–H and O–H groups in total. The first kappa shape index (κ1) is 13.8. The number of hydrogen-bond donors (Lipinski definition) is 1. The van der Waals surface area contributed by atoms with E-state index >= 15 is 0 Å². The lowest BCUT2D eigenvalue weighted by atomic mass is 9.91. The van der Waals surface area contributed by atoms with Gasteiger partial charge >= 0.3 is 0 Å². The van der Waals surface area contributed by atoms with Gasteiger partial charge in [0.2, 0.25) is 5.78 Å². The maximum Gasteiger partial charge on any atom is 0.203 e. The van der Waals surface area contributed by atoms with Gasteiger partial charge in [-0.15, -0.1) is 0 Å². The van der Waals surface area contributed by atoms with Gasteiger partial charge in [-0.25, -0.2) is 4.39 Å². The third kappa shape index (κ3) is 2.21. The average molecular weight is 304 g/mol.